The average molecular weight is 236 g/mol. The molecule has 1 fully saturated rings. The van der Waals surface area contributed by atoms with Gasteiger partial charge in [-0.05, 0) is 37.6 Å². The van der Waals surface area contributed by atoms with E-state index in [1.54, 1.807) is 24.1 Å². The fraction of sp³-hybridized carbons (Fsp3) is 0.462. The van der Waals surface area contributed by atoms with Gasteiger partial charge in [-0.15, -0.1) is 0 Å². The van der Waals surface area contributed by atoms with Gasteiger partial charge in [-0.2, -0.15) is 0 Å². The maximum Gasteiger partial charge on any atom is 0.246 e. The normalized spacial score (nSPS) is 25.8. The molecule has 1 aliphatic rings. The summed E-state index contributed by atoms with van der Waals surface area (Å²) in [4.78, 5) is 14.0. The van der Waals surface area contributed by atoms with Crippen molar-refractivity contribution in [3.8, 4) is 0 Å². The van der Waals surface area contributed by atoms with E-state index in [1.807, 2.05) is 6.92 Å². The summed E-state index contributed by atoms with van der Waals surface area (Å²) in [5, 5.41) is 3.22. The Balaban J connectivity index is 2.42. The molecule has 17 heavy (non-hydrogen) atoms. The molecule has 3 nitrogen and oxygen atoms in total. The number of carbonyl (C=O) groups is 1. The zero-order valence-electron chi connectivity index (χ0n) is 10.2. The molecule has 4 heteroatoms. The van der Waals surface area contributed by atoms with Crippen LogP contribution in [0.15, 0.2) is 24.3 Å². The number of nitrogens with zero attached hydrogens (tertiary/aromatic N) is 1. The molecule has 1 unspecified atom stereocenters. The van der Waals surface area contributed by atoms with Gasteiger partial charge in [0.15, 0.2) is 0 Å². The van der Waals surface area contributed by atoms with Gasteiger partial charge < -0.3 is 4.90 Å². The van der Waals surface area contributed by atoms with Crippen LogP contribution in [0.3, 0.4) is 0 Å². The Morgan fingerprint density at radius 1 is 1.47 bits per heavy atom. The van der Waals surface area contributed by atoms with E-state index in [1.165, 1.54) is 12.1 Å². The summed E-state index contributed by atoms with van der Waals surface area (Å²) in [7, 11) is 1.78. The van der Waals surface area contributed by atoms with Crippen molar-refractivity contribution in [2.45, 2.75) is 18.9 Å². The van der Waals surface area contributed by atoms with E-state index in [4.69, 9.17) is 0 Å². The van der Waals surface area contributed by atoms with Crippen molar-refractivity contribution in [2.75, 3.05) is 20.1 Å². The van der Waals surface area contributed by atoms with Gasteiger partial charge in [0.25, 0.3) is 0 Å². The smallest absolute Gasteiger partial charge is 0.246 e. The van der Waals surface area contributed by atoms with Crippen LogP contribution >= 0.6 is 0 Å². The number of benzene rings is 1. The fourth-order valence-corrected chi connectivity index (χ4v) is 2.24. The molecule has 1 aromatic carbocycles. The van der Waals surface area contributed by atoms with E-state index in [0.717, 1.165) is 19.5 Å². The van der Waals surface area contributed by atoms with Crippen molar-refractivity contribution in [2.24, 2.45) is 0 Å². The molecule has 1 saturated heterocycles. The van der Waals surface area contributed by atoms with Crippen molar-refractivity contribution in [3.05, 3.63) is 35.6 Å². The molecule has 1 N–H and O–H groups in total. The molecule has 0 radical (unpaired) electrons. The second-order valence-corrected chi connectivity index (χ2v) is 4.64. The minimum absolute atomic E-state index is 0.0133. The number of nitrogens with one attached hydrogen (secondary N) is 1. The Labute approximate surface area is 101 Å². The zero-order chi connectivity index (χ0) is 12.5. The molecule has 2 rings (SSSR count). The highest BCUT2D eigenvalue weighted by Gasteiger charge is 2.38. The van der Waals surface area contributed by atoms with Crippen molar-refractivity contribution in [1.29, 1.82) is 0 Å². The maximum absolute atomic E-state index is 13.3. The highest BCUT2D eigenvalue weighted by Crippen LogP contribution is 2.25. The lowest BCUT2D eigenvalue weighted by molar-refractivity contribution is -0.135. The number of amides is 1. The molecule has 0 aromatic heterocycles. The second-order valence-electron chi connectivity index (χ2n) is 4.64. The highest BCUT2D eigenvalue weighted by molar-refractivity contribution is 5.87. The van der Waals surface area contributed by atoms with Crippen LogP contribution in [0.1, 0.15) is 18.9 Å². The maximum atomic E-state index is 13.3. The Morgan fingerprint density at radius 3 is 2.94 bits per heavy atom. The molecule has 0 spiro atoms. The lowest BCUT2D eigenvalue weighted by Gasteiger charge is -2.31. The number of hydrogen-bond donors (Lipinski definition) is 1. The topological polar surface area (TPSA) is 32.3 Å². The summed E-state index contributed by atoms with van der Waals surface area (Å²) >= 11 is 0. The summed E-state index contributed by atoms with van der Waals surface area (Å²) in [6, 6.07) is 6.23. The monoisotopic (exact) mass is 236 g/mol. The third kappa shape index (κ3) is 2.17. The van der Waals surface area contributed by atoms with Crippen molar-refractivity contribution in [3.63, 3.8) is 0 Å². The summed E-state index contributed by atoms with van der Waals surface area (Å²) < 4.78 is 13.3. The first-order valence-corrected chi connectivity index (χ1v) is 5.81. The van der Waals surface area contributed by atoms with Gasteiger partial charge in [-0.25, -0.2) is 4.39 Å². The second kappa shape index (κ2) is 4.45. The molecule has 1 atom stereocenters. The summed E-state index contributed by atoms with van der Waals surface area (Å²) in [5.74, 6) is -0.328. The Bertz CT molecular complexity index is 435. The largest absolute Gasteiger partial charge is 0.344 e. The Morgan fingerprint density at radius 2 is 2.24 bits per heavy atom. The number of likely N-dealkylation sites (N-methyl/N-ethyl adjacent to an activating group) is 1. The Hall–Kier alpha value is -1.42. The summed E-state index contributed by atoms with van der Waals surface area (Å²) in [6.07, 6.45) is 0.910. The number of hydrogen-bond acceptors (Lipinski definition) is 2. The number of rotatable bonds is 1. The highest BCUT2D eigenvalue weighted by atomic mass is 19.1. The van der Waals surface area contributed by atoms with Gasteiger partial charge >= 0.3 is 0 Å². The van der Waals surface area contributed by atoms with Gasteiger partial charge in [-0.1, -0.05) is 12.1 Å². The molecule has 1 amide bonds. The van der Waals surface area contributed by atoms with Crippen LogP contribution < -0.4 is 5.32 Å². The molecule has 0 aliphatic carbocycles. The third-order valence-corrected chi connectivity index (χ3v) is 3.33. The van der Waals surface area contributed by atoms with E-state index in [9.17, 15) is 9.18 Å². The molecular formula is C13H17FN2O. The minimum Gasteiger partial charge on any atom is -0.344 e. The van der Waals surface area contributed by atoms with Crippen LogP contribution in [0.2, 0.25) is 0 Å². The van der Waals surface area contributed by atoms with E-state index in [-0.39, 0.29) is 11.7 Å². The van der Waals surface area contributed by atoms with Crippen LogP contribution in [0, 0.1) is 5.82 Å². The van der Waals surface area contributed by atoms with Crippen LogP contribution in [0.25, 0.3) is 0 Å². The van der Waals surface area contributed by atoms with Crippen molar-refractivity contribution >= 4 is 5.91 Å². The molecule has 1 aliphatic heterocycles. The zero-order valence-corrected chi connectivity index (χ0v) is 10.2. The third-order valence-electron chi connectivity index (χ3n) is 3.33. The van der Waals surface area contributed by atoms with Gasteiger partial charge in [-0.3, -0.25) is 10.1 Å². The molecule has 0 saturated carbocycles. The summed E-state index contributed by atoms with van der Waals surface area (Å²) in [6.45, 7) is 3.30. The van der Waals surface area contributed by atoms with E-state index < -0.39 is 5.54 Å². The van der Waals surface area contributed by atoms with E-state index in [2.05, 4.69) is 5.32 Å². The van der Waals surface area contributed by atoms with Crippen LogP contribution in [0.5, 0.6) is 0 Å². The first-order valence-electron chi connectivity index (χ1n) is 5.81. The van der Waals surface area contributed by atoms with Crippen molar-refractivity contribution in [1.82, 2.24) is 10.2 Å². The lowest BCUT2D eigenvalue weighted by Crippen LogP contribution is -2.50. The quantitative estimate of drug-likeness (QED) is 0.801. The predicted molar refractivity (Wildman–Crippen MR) is 64.0 cm³/mol. The molecule has 1 aromatic rings. The first kappa shape index (κ1) is 12.0. The van der Waals surface area contributed by atoms with E-state index >= 15 is 0 Å². The number of carbonyl (C=O) groups excluding carboxylic acids is 1. The fourth-order valence-electron chi connectivity index (χ4n) is 2.24. The summed E-state index contributed by atoms with van der Waals surface area (Å²) in [5.41, 5.74) is -0.149. The number of halogens is 1. The molecular weight excluding hydrogens is 219 g/mol. The molecule has 92 valence electrons. The van der Waals surface area contributed by atoms with Crippen molar-refractivity contribution < 1.29 is 9.18 Å². The van der Waals surface area contributed by atoms with Crippen LogP contribution in [-0.2, 0) is 10.3 Å². The SMILES string of the molecule is CN1CCCNC(C)(c2cccc(F)c2)C1=O. The van der Waals surface area contributed by atoms with Crippen LogP contribution in [0.4, 0.5) is 4.39 Å². The van der Waals surface area contributed by atoms with Gasteiger partial charge in [0.05, 0.1) is 0 Å². The standard InChI is InChI=1S/C13H17FN2O/c1-13(10-5-3-6-11(14)9-10)12(17)16(2)8-4-7-15-13/h3,5-6,9,15H,4,7-8H2,1-2H3. The average Bonchev–Trinajstić information content (AvgIpc) is 2.44. The molecule has 1 heterocycles. The lowest BCUT2D eigenvalue weighted by atomic mass is 9.90. The first-order chi connectivity index (χ1) is 8.04. The Kier molecular flexibility index (Phi) is 3.15. The van der Waals surface area contributed by atoms with Gasteiger partial charge in [0.1, 0.15) is 11.4 Å². The minimum atomic E-state index is -0.826. The van der Waals surface area contributed by atoms with Gasteiger partial charge in [0.2, 0.25) is 5.91 Å². The molecule has 0 bridgehead atoms. The van der Waals surface area contributed by atoms with E-state index in [0.29, 0.717) is 5.56 Å². The van der Waals surface area contributed by atoms with Crippen LogP contribution in [-0.4, -0.2) is 30.9 Å². The van der Waals surface area contributed by atoms with Gasteiger partial charge in [0, 0.05) is 13.6 Å². The predicted octanol–water partition coefficient (Wildman–Crippen LogP) is 1.49.